The van der Waals surface area contributed by atoms with Crippen LogP contribution >= 0.6 is 0 Å². The van der Waals surface area contributed by atoms with Crippen molar-refractivity contribution in [1.82, 2.24) is 19.5 Å². The van der Waals surface area contributed by atoms with Crippen molar-refractivity contribution in [3.05, 3.63) is 83.8 Å². The number of benzene rings is 2. The van der Waals surface area contributed by atoms with Gasteiger partial charge in [0.05, 0.1) is 5.39 Å². The van der Waals surface area contributed by atoms with Gasteiger partial charge in [-0.25, -0.2) is 31.9 Å². The van der Waals surface area contributed by atoms with E-state index in [9.17, 15) is 17.6 Å². The average Bonchev–Trinajstić information content (AvgIpc) is 3.25. The highest BCUT2D eigenvalue weighted by molar-refractivity contribution is 6.02. The van der Waals surface area contributed by atoms with E-state index >= 15 is 4.39 Å². The topological polar surface area (TPSA) is 69.6 Å². The first-order valence-electron chi connectivity index (χ1n) is 10.7. The number of aromatic nitrogens is 4. The van der Waals surface area contributed by atoms with Crippen LogP contribution in [0.15, 0.2) is 55.1 Å². The molecule has 10 heteroatoms. The Balaban J connectivity index is 1.44. The largest absolute Gasteiger partial charge is 0.383 e. The summed E-state index contributed by atoms with van der Waals surface area (Å²) >= 11 is 0. The lowest BCUT2D eigenvalue weighted by atomic mass is 10.00. The van der Waals surface area contributed by atoms with Crippen LogP contribution in [0.25, 0.3) is 32.9 Å². The molecule has 5 aromatic rings. The molecule has 0 saturated heterocycles. The lowest BCUT2D eigenvalue weighted by Gasteiger charge is -2.08. The van der Waals surface area contributed by atoms with Crippen molar-refractivity contribution >= 4 is 27.6 Å². The highest BCUT2D eigenvalue weighted by Gasteiger charge is 2.59. The minimum atomic E-state index is -2.87. The van der Waals surface area contributed by atoms with Gasteiger partial charge >= 0.3 is 0 Å². The van der Waals surface area contributed by atoms with Crippen LogP contribution in [0.3, 0.4) is 0 Å². The van der Waals surface area contributed by atoms with Crippen LogP contribution in [0.1, 0.15) is 23.7 Å². The second-order valence-corrected chi connectivity index (χ2v) is 8.67. The van der Waals surface area contributed by atoms with Crippen LogP contribution in [-0.2, 0) is 6.42 Å². The normalized spacial score (nSPS) is 16.8. The minimum Gasteiger partial charge on any atom is -0.383 e. The molecular formula is C25H16F5N5. The summed E-state index contributed by atoms with van der Waals surface area (Å²) in [5.74, 6) is -4.80. The molecule has 5 nitrogen and oxygen atoms in total. The fraction of sp³-hybridized carbons (Fsp3) is 0.160. The molecule has 1 unspecified atom stereocenters. The minimum absolute atomic E-state index is 0.0583. The van der Waals surface area contributed by atoms with Crippen molar-refractivity contribution in [3.63, 3.8) is 0 Å². The van der Waals surface area contributed by atoms with Gasteiger partial charge in [-0.3, -0.25) is 4.98 Å². The van der Waals surface area contributed by atoms with Crippen molar-refractivity contribution in [2.45, 2.75) is 24.8 Å². The van der Waals surface area contributed by atoms with E-state index in [2.05, 4.69) is 15.0 Å². The van der Waals surface area contributed by atoms with Crippen LogP contribution < -0.4 is 5.73 Å². The zero-order chi connectivity index (χ0) is 24.5. The maximum Gasteiger partial charge on any atom is 0.270 e. The Bertz CT molecular complexity index is 1630. The highest BCUT2D eigenvalue weighted by atomic mass is 19.3. The van der Waals surface area contributed by atoms with Gasteiger partial charge in [-0.2, -0.15) is 0 Å². The first-order chi connectivity index (χ1) is 16.7. The average molecular weight is 481 g/mol. The number of fused-ring (bicyclic) bond motifs is 2. The molecule has 176 valence electrons. The van der Waals surface area contributed by atoms with E-state index in [1.54, 1.807) is 12.1 Å². The molecule has 0 bridgehead atoms. The number of nitrogens with zero attached hydrogens (tertiary/aromatic N) is 4. The monoisotopic (exact) mass is 481 g/mol. The van der Waals surface area contributed by atoms with Gasteiger partial charge in [0.2, 0.25) is 0 Å². The van der Waals surface area contributed by atoms with E-state index in [4.69, 9.17) is 5.73 Å². The van der Waals surface area contributed by atoms with E-state index in [1.807, 2.05) is 0 Å². The van der Waals surface area contributed by atoms with Crippen LogP contribution in [0, 0.1) is 17.5 Å². The molecule has 0 aliphatic heterocycles. The maximum atomic E-state index is 15.7. The fourth-order valence-electron chi connectivity index (χ4n) is 4.51. The van der Waals surface area contributed by atoms with Gasteiger partial charge in [-0.05, 0) is 29.1 Å². The van der Waals surface area contributed by atoms with Crippen molar-refractivity contribution in [1.29, 1.82) is 0 Å². The van der Waals surface area contributed by atoms with Crippen molar-refractivity contribution in [2.75, 3.05) is 5.73 Å². The molecule has 1 aliphatic rings. The Morgan fingerprint density at radius 3 is 2.43 bits per heavy atom. The van der Waals surface area contributed by atoms with Gasteiger partial charge in [0, 0.05) is 53.5 Å². The number of nitrogen functional groups attached to an aromatic ring is 1. The quantitative estimate of drug-likeness (QED) is 0.329. The second-order valence-electron chi connectivity index (χ2n) is 8.67. The zero-order valence-electron chi connectivity index (χ0n) is 17.9. The fourth-order valence-corrected chi connectivity index (χ4v) is 4.51. The van der Waals surface area contributed by atoms with Crippen LogP contribution in [0.4, 0.5) is 27.8 Å². The molecule has 6 rings (SSSR count). The number of alkyl halides is 2. The molecule has 1 saturated carbocycles. The molecule has 2 aromatic carbocycles. The third-order valence-electron chi connectivity index (χ3n) is 6.26. The number of halogens is 5. The summed E-state index contributed by atoms with van der Waals surface area (Å²) in [6, 6.07) is 6.96. The number of nitrogens with two attached hydrogens (primary N) is 1. The lowest BCUT2D eigenvalue weighted by molar-refractivity contribution is 0.101. The number of rotatable bonds is 4. The summed E-state index contributed by atoms with van der Waals surface area (Å²) in [7, 11) is 0. The molecular weight excluding hydrogens is 465 g/mol. The highest BCUT2D eigenvalue weighted by Crippen LogP contribution is 2.54. The van der Waals surface area contributed by atoms with Gasteiger partial charge in [-0.15, -0.1) is 0 Å². The first kappa shape index (κ1) is 21.5. The van der Waals surface area contributed by atoms with Crippen LogP contribution in [-0.4, -0.2) is 25.4 Å². The molecule has 0 radical (unpaired) electrons. The molecule has 0 amide bonds. The van der Waals surface area contributed by atoms with Gasteiger partial charge in [0.1, 0.15) is 41.3 Å². The zero-order valence-corrected chi connectivity index (χ0v) is 17.9. The predicted octanol–water partition coefficient (Wildman–Crippen LogP) is 5.82. The molecule has 0 spiro atoms. The number of hydrogen-bond donors (Lipinski definition) is 1. The third kappa shape index (κ3) is 3.56. The van der Waals surface area contributed by atoms with Crippen molar-refractivity contribution < 1.29 is 22.0 Å². The van der Waals surface area contributed by atoms with E-state index in [0.717, 1.165) is 6.07 Å². The summed E-state index contributed by atoms with van der Waals surface area (Å²) in [5.41, 5.74) is 7.59. The molecule has 35 heavy (non-hydrogen) atoms. The summed E-state index contributed by atoms with van der Waals surface area (Å²) < 4.78 is 71.7. The predicted molar refractivity (Wildman–Crippen MR) is 120 cm³/mol. The Hall–Kier alpha value is -4.08. The third-order valence-corrected chi connectivity index (χ3v) is 6.26. The molecule has 3 aromatic heterocycles. The van der Waals surface area contributed by atoms with Crippen molar-refractivity contribution in [3.8, 4) is 11.1 Å². The first-order valence-corrected chi connectivity index (χ1v) is 10.7. The van der Waals surface area contributed by atoms with Gasteiger partial charge in [0.15, 0.2) is 0 Å². The molecule has 1 fully saturated rings. The van der Waals surface area contributed by atoms with Gasteiger partial charge in [-0.1, -0.05) is 12.1 Å². The second kappa shape index (κ2) is 7.46. The standard InChI is InChI=1S/C25H16F5N5/c26-14-3-12(4-15(27)7-14)5-16-6-13-1-2-17(22(28)18(13)9-32-16)19-10-35(20-8-25(20,29)30)24-21(19)23(31)33-11-34-24/h1-4,6-7,9-11,20H,5,8H2,(H2,31,33,34). The van der Waals surface area contributed by atoms with E-state index in [-0.39, 0.29) is 35.3 Å². The number of hydrogen-bond acceptors (Lipinski definition) is 4. The molecule has 1 atom stereocenters. The number of pyridine rings is 1. The smallest absolute Gasteiger partial charge is 0.270 e. The Kier molecular flexibility index (Phi) is 4.57. The molecule has 1 aliphatic carbocycles. The summed E-state index contributed by atoms with van der Waals surface area (Å²) in [6.45, 7) is 0. The SMILES string of the molecule is Nc1ncnc2c1c(-c1ccc3cc(Cc4cc(F)cc(F)c4)ncc3c1F)cn2C1CC1(F)F. The van der Waals surface area contributed by atoms with Crippen LogP contribution in [0.2, 0.25) is 0 Å². The number of anilines is 1. The Morgan fingerprint density at radius 1 is 0.971 bits per heavy atom. The van der Waals surface area contributed by atoms with E-state index in [1.165, 1.54) is 41.5 Å². The van der Waals surface area contributed by atoms with E-state index < -0.39 is 29.4 Å². The Labute approximate surface area is 195 Å². The van der Waals surface area contributed by atoms with Crippen LogP contribution in [0.5, 0.6) is 0 Å². The lowest BCUT2D eigenvalue weighted by Crippen LogP contribution is -2.02. The van der Waals surface area contributed by atoms with E-state index in [0.29, 0.717) is 27.6 Å². The molecule has 2 N–H and O–H groups in total. The summed E-state index contributed by atoms with van der Waals surface area (Å²) in [6.07, 6.45) is 3.79. The Morgan fingerprint density at radius 2 is 1.71 bits per heavy atom. The van der Waals surface area contributed by atoms with Gasteiger partial charge in [0.25, 0.3) is 5.92 Å². The summed E-state index contributed by atoms with van der Waals surface area (Å²) in [4.78, 5) is 12.3. The van der Waals surface area contributed by atoms with Crippen molar-refractivity contribution in [2.24, 2.45) is 0 Å². The van der Waals surface area contributed by atoms with Gasteiger partial charge < -0.3 is 10.3 Å². The molecule has 3 heterocycles. The summed E-state index contributed by atoms with van der Waals surface area (Å²) in [5, 5.41) is 1.02. The maximum absolute atomic E-state index is 15.7.